The monoisotopic (exact) mass is 301 g/mol. The number of nitrogens with zero attached hydrogens (tertiary/aromatic N) is 1. The summed E-state index contributed by atoms with van der Waals surface area (Å²) in [6.45, 7) is -0.318. The second-order valence-electron chi connectivity index (χ2n) is 4.84. The fourth-order valence-corrected chi connectivity index (χ4v) is 2.85. The maximum absolute atomic E-state index is 13.0. The van der Waals surface area contributed by atoms with Gasteiger partial charge in [-0.05, 0) is 5.56 Å². The summed E-state index contributed by atoms with van der Waals surface area (Å²) in [5.41, 5.74) is 0.901. The molecule has 7 heteroatoms. The smallest absolute Gasteiger partial charge is 0.265 e. The van der Waals surface area contributed by atoms with Crippen molar-refractivity contribution in [2.75, 3.05) is 19.5 Å². The van der Waals surface area contributed by atoms with Crippen molar-refractivity contribution in [1.29, 1.82) is 0 Å². The zero-order valence-electron chi connectivity index (χ0n) is 11.0. The Hall–Kier alpha value is -1.47. The number of benzene rings is 1. The summed E-state index contributed by atoms with van der Waals surface area (Å²) in [5.74, 6) is -1.23. The van der Waals surface area contributed by atoms with Crippen LogP contribution in [0.3, 0.4) is 0 Å². The first-order valence-corrected chi connectivity index (χ1v) is 7.99. The average molecular weight is 301 g/mol. The molecular weight excluding hydrogens is 285 g/mol. The molecule has 0 radical (unpaired) electrons. The van der Waals surface area contributed by atoms with Crippen molar-refractivity contribution in [1.82, 2.24) is 4.90 Å². The van der Waals surface area contributed by atoms with Crippen LogP contribution < -0.4 is 0 Å². The number of carbonyl (C=O) groups excluding carboxylic acids is 1. The van der Waals surface area contributed by atoms with E-state index in [9.17, 15) is 17.6 Å². The van der Waals surface area contributed by atoms with Crippen LogP contribution in [0.25, 0.3) is 0 Å². The third-order valence-corrected chi connectivity index (χ3v) is 3.69. The van der Waals surface area contributed by atoms with Crippen LogP contribution >= 0.6 is 0 Å². The topological polar surface area (TPSA) is 63.7 Å². The molecule has 2 rings (SSSR count). The number of carbonyl (C=O) groups is 1. The average Bonchev–Trinajstić information content (AvgIpc) is 2.67. The van der Waals surface area contributed by atoms with E-state index in [4.69, 9.17) is 4.18 Å². The summed E-state index contributed by atoms with van der Waals surface area (Å²) in [4.78, 5) is 13.6. The molecule has 1 aromatic carbocycles. The lowest BCUT2D eigenvalue weighted by molar-refractivity contribution is -0.134. The van der Waals surface area contributed by atoms with Gasteiger partial charge in [-0.2, -0.15) is 8.42 Å². The third kappa shape index (κ3) is 3.55. The predicted octanol–water partition coefficient (Wildman–Crippen LogP) is 0.959. The van der Waals surface area contributed by atoms with E-state index in [2.05, 4.69) is 0 Å². The standard InChI is InChI=1S/C13H16FNO4S/c1-20(17,18)19-12-11(7-14)9-15(13(12)16)8-10-5-3-2-4-6-10/h2-6,11-12H,7-9H2,1H3/t11-,12+/m1/s1. The summed E-state index contributed by atoms with van der Waals surface area (Å²) in [5, 5.41) is 0. The van der Waals surface area contributed by atoms with Gasteiger partial charge in [0, 0.05) is 19.0 Å². The van der Waals surface area contributed by atoms with E-state index >= 15 is 0 Å². The molecule has 1 aliphatic heterocycles. The molecule has 1 heterocycles. The first kappa shape index (κ1) is 14.9. The number of hydrogen-bond acceptors (Lipinski definition) is 4. The Morgan fingerprint density at radius 2 is 2.00 bits per heavy atom. The highest BCUT2D eigenvalue weighted by Gasteiger charge is 2.43. The van der Waals surface area contributed by atoms with Crippen LogP contribution in [0, 0.1) is 5.92 Å². The molecule has 0 unspecified atom stereocenters. The van der Waals surface area contributed by atoms with Gasteiger partial charge in [0.1, 0.15) is 0 Å². The van der Waals surface area contributed by atoms with Gasteiger partial charge in [-0.15, -0.1) is 0 Å². The van der Waals surface area contributed by atoms with E-state index in [1.54, 1.807) is 0 Å². The minimum atomic E-state index is -3.79. The Morgan fingerprint density at radius 1 is 1.35 bits per heavy atom. The lowest BCUT2D eigenvalue weighted by Crippen LogP contribution is -2.33. The molecule has 1 amide bonds. The van der Waals surface area contributed by atoms with Crippen molar-refractivity contribution >= 4 is 16.0 Å². The van der Waals surface area contributed by atoms with Gasteiger partial charge >= 0.3 is 0 Å². The van der Waals surface area contributed by atoms with E-state index in [1.165, 1.54) is 4.90 Å². The van der Waals surface area contributed by atoms with Gasteiger partial charge in [-0.1, -0.05) is 30.3 Å². The van der Waals surface area contributed by atoms with Gasteiger partial charge < -0.3 is 4.90 Å². The Bertz CT molecular complexity index is 575. The molecule has 1 saturated heterocycles. The molecule has 110 valence electrons. The minimum Gasteiger partial charge on any atom is -0.336 e. The molecule has 2 atom stereocenters. The number of likely N-dealkylation sites (tertiary alicyclic amines) is 1. The van der Waals surface area contributed by atoms with E-state index in [1.807, 2.05) is 30.3 Å². The van der Waals surface area contributed by atoms with Crippen molar-refractivity contribution in [2.45, 2.75) is 12.6 Å². The van der Waals surface area contributed by atoms with Crippen LogP contribution in [0.5, 0.6) is 0 Å². The first-order chi connectivity index (χ1) is 9.40. The van der Waals surface area contributed by atoms with Crippen LogP contribution in [-0.4, -0.2) is 44.8 Å². The predicted molar refractivity (Wildman–Crippen MR) is 71.0 cm³/mol. The Balaban J connectivity index is 2.12. The molecule has 0 bridgehead atoms. The fourth-order valence-electron chi connectivity index (χ4n) is 2.23. The maximum Gasteiger partial charge on any atom is 0.265 e. The van der Waals surface area contributed by atoms with Gasteiger partial charge in [0.25, 0.3) is 16.0 Å². The molecule has 20 heavy (non-hydrogen) atoms. The molecule has 1 aromatic rings. The highest BCUT2D eigenvalue weighted by Crippen LogP contribution is 2.25. The third-order valence-electron chi connectivity index (χ3n) is 3.13. The van der Waals surface area contributed by atoms with Gasteiger partial charge in [0.15, 0.2) is 6.10 Å². The Labute approximate surface area is 117 Å². The van der Waals surface area contributed by atoms with Crippen LogP contribution in [0.2, 0.25) is 0 Å². The molecule has 0 spiro atoms. The summed E-state index contributed by atoms with van der Waals surface area (Å²) < 4.78 is 40.0. The zero-order valence-corrected chi connectivity index (χ0v) is 11.8. The molecule has 5 nitrogen and oxygen atoms in total. The largest absolute Gasteiger partial charge is 0.336 e. The van der Waals surface area contributed by atoms with Gasteiger partial charge in [-0.25, -0.2) is 0 Å². The SMILES string of the molecule is CS(=O)(=O)O[C@@H]1C(=O)N(Cc2ccccc2)C[C@H]1CF. The van der Waals surface area contributed by atoms with Crippen molar-refractivity contribution < 1.29 is 21.8 Å². The van der Waals surface area contributed by atoms with Crippen molar-refractivity contribution in [2.24, 2.45) is 5.92 Å². The number of amides is 1. The van der Waals surface area contributed by atoms with Crippen molar-refractivity contribution in [3.8, 4) is 0 Å². The van der Waals surface area contributed by atoms with E-state index < -0.39 is 34.7 Å². The van der Waals surface area contributed by atoms with Crippen LogP contribution in [0.1, 0.15) is 5.56 Å². The second kappa shape index (κ2) is 5.88. The van der Waals surface area contributed by atoms with Crippen molar-refractivity contribution in [3.63, 3.8) is 0 Å². The lowest BCUT2D eigenvalue weighted by Gasteiger charge is -2.16. The molecule has 1 aliphatic rings. The van der Waals surface area contributed by atoms with E-state index in [-0.39, 0.29) is 6.54 Å². The quantitative estimate of drug-likeness (QED) is 0.760. The highest BCUT2D eigenvalue weighted by molar-refractivity contribution is 7.86. The van der Waals surface area contributed by atoms with Gasteiger partial charge in [0.05, 0.1) is 12.9 Å². The first-order valence-electron chi connectivity index (χ1n) is 6.17. The molecule has 0 aliphatic carbocycles. The summed E-state index contributed by atoms with van der Waals surface area (Å²) in [6.07, 6.45) is -0.395. The van der Waals surface area contributed by atoms with Crippen LogP contribution in [0.15, 0.2) is 30.3 Å². The molecule has 0 N–H and O–H groups in total. The Morgan fingerprint density at radius 3 is 2.55 bits per heavy atom. The second-order valence-corrected chi connectivity index (χ2v) is 6.44. The lowest BCUT2D eigenvalue weighted by atomic mass is 10.1. The van der Waals surface area contributed by atoms with Gasteiger partial charge in [0.2, 0.25) is 0 Å². The van der Waals surface area contributed by atoms with Crippen LogP contribution in [-0.2, 0) is 25.6 Å². The number of rotatable bonds is 5. The fraction of sp³-hybridized carbons (Fsp3) is 0.462. The van der Waals surface area contributed by atoms with E-state index in [0.717, 1.165) is 11.8 Å². The number of hydrogen-bond donors (Lipinski definition) is 0. The zero-order chi connectivity index (χ0) is 14.8. The maximum atomic E-state index is 13.0. The molecule has 0 aromatic heterocycles. The normalized spacial score (nSPS) is 23.3. The molecule has 1 fully saturated rings. The Kier molecular flexibility index (Phi) is 4.39. The minimum absolute atomic E-state index is 0.157. The molecular formula is C13H16FNO4S. The highest BCUT2D eigenvalue weighted by atomic mass is 32.2. The van der Waals surface area contributed by atoms with Gasteiger partial charge in [-0.3, -0.25) is 13.4 Å². The summed E-state index contributed by atoms with van der Waals surface area (Å²) >= 11 is 0. The molecule has 0 saturated carbocycles. The number of halogens is 1. The van der Waals surface area contributed by atoms with E-state index in [0.29, 0.717) is 6.54 Å². The van der Waals surface area contributed by atoms with Crippen LogP contribution in [0.4, 0.5) is 4.39 Å². The summed E-state index contributed by atoms with van der Waals surface area (Å²) in [6, 6.07) is 9.24. The van der Waals surface area contributed by atoms with Crippen molar-refractivity contribution in [3.05, 3.63) is 35.9 Å². The number of alkyl halides is 1. The summed E-state index contributed by atoms with van der Waals surface area (Å²) in [7, 11) is -3.79.